The Kier molecular flexibility index (Phi) is 4.71. The van der Waals surface area contributed by atoms with Gasteiger partial charge in [-0.15, -0.1) is 0 Å². The highest BCUT2D eigenvalue weighted by Gasteiger charge is 2.34. The minimum absolute atomic E-state index is 0.151. The first-order valence-corrected chi connectivity index (χ1v) is 9.49. The van der Waals surface area contributed by atoms with E-state index in [2.05, 4.69) is 25.3 Å². The molecule has 0 amide bonds. The summed E-state index contributed by atoms with van der Waals surface area (Å²) >= 11 is 0. The maximum atomic E-state index is 13.4. The second-order valence-corrected chi connectivity index (χ2v) is 7.53. The third-order valence-electron chi connectivity index (χ3n) is 4.98. The topological polar surface area (TPSA) is 79.2 Å². The maximum absolute atomic E-state index is 13.4. The molecule has 0 fully saturated rings. The van der Waals surface area contributed by atoms with Crippen molar-refractivity contribution in [1.82, 2.24) is 39.3 Å². The van der Waals surface area contributed by atoms with Crippen LogP contribution in [0.25, 0.3) is 28.5 Å². The lowest BCUT2D eigenvalue weighted by Gasteiger charge is -2.11. The molecular formula is C20H21F3N8. The van der Waals surface area contributed by atoms with Gasteiger partial charge in [0.1, 0.15) is 5.69 Å². The molecule has 0 aliphatic carbocycles. The van der Waals surface area contributed by atoms with Crippen LogP contribution in [0.1, 0.15) is 28.3 Å². The van der Waals surface area contributed by atoms with Crippen LogP contribution in [0.2, 0.25) is 0 Å². The van der Waals surface area contributed by atoms with E-state index in [1.165, 1.54) is 11.6 Å². The largest absolute Gasteiger partial charge is 0.433 e. The van der Waals surface area contributed by atoms with Crippen LogP contribution in [0.4, 0.5) is 13.2 Å². The van der Waals surface area contributed by atoms with Gasteiger partial charge < -0.3 is 0 Å². The monoisotopic (exact) mass is 430 g/mol. The Morgan fingerprint density at radius 3 is 1.90 bits per heavy atom. The molecule has 0 N–H and O–H groups in total. The minimum Gasteiger partial charge on any atom is -0.275 e. The van der Waals surface area contributed by atoms with Gasteiger partial charge in [-0.25, -0.2) is 9.97 Å². The minimum atomic E-state index is -4.60. The molecule has 11 heteroatoms. The van der Waals surface area contributed by atoms with Gasteiger partial charge in [-0.05, 0) is 33.8 Å². The van der Waals surface area contributed by atoms with Crippen LogP contribution in [-0.4, -0.2) is 39.3 Å². The quantitative estimate of drug-likeness (QED) is 0.495. The van der Waals surface area contributed by atoms with Gasteiger partial charge in [0.15, 0.2) is 0 Å². The van der Waals surface area contributed by atoms with Crippen LogP contribution in [0, 0.1) is 27.7 Å². The van der Waals surface area contributed by atoms with Crippen LogP contribution in [-0.2, 0) is 20.3 Å². The summed E-state index contributed by atoms with van der Waals surface area (Å²) in [5, 5.41) is 13.4. The number of rotatable bonds is 3. The molecule has 0 aromatic carbocycles. The summed E-state index contributed by atoms with van der Waals surface area (Å²) in [6, 6.07) is 0.918. The highest BCUT2D eigenvalue weighted by Crippen LogP contribution is 2.36. The number of halogens is 3. The number of hydrogen-bond donors (Lipinski definition) is 0. The molecule has 162 valence electrons. The maximum Gasteiger partial charge on any atom is 0.433 e. The molecule has 8 nitrogen and oxygen atoms in total. The molecule has 0 atom stereocenters. The van der Waals surface area contributed by atoms with Crippen LogP contribution in [0.3, 0.4) is 0 Å². The fourth-order valence-corrected chi connectivity index (χ4v) is 3.67. The summed E-state index contributed by atoms with van der Waals surface area (Å²) < 4.78 is 44.9. The highest BCUT2D eigenvalue weighted by molar-refractivity contribution is 5.76. The van der Waals surface area contributed by atoms with Crippen LogP contribution < -0.4 is 0 Å². The summed E-state index contributed by atoms with van der Waals surface area (Å²) in [6.45, 7) is 7.05. The van der Waals surface area contributed by atoms with E-state index in [0.29, 0.717) is 17.1 Å². The van der Waals surface area contributed by atoms with Gasteiger partial charge in [0.05, 0.1) is 22.8 Å². The third kappa shape index (κ3) is 3.60. The standard InChI is InChI=1S/C20H21F3N8/c1-10-7-16(20(21,22)23)25-19(24-10)31-18(15-9-30(6)27-13(15)4)11(2)17(28-31)14-8-29(5)26-12(14)3/h7-9H,1-6H3. The first kappa shape index (κ1) is 20.8. The lowest BCUT2D eigenvalue weighted by Crippen LogP contribution is -2.14. The molecule has 4 aromatic rings. The van der Waals surface area contributed by atoms with E-state index in [9.17, 15) is 13.2 Å². The molecule has 0 saturated heterocycles. The highest BCUT2D eigenvalue weighted by atomic mass is 19.4. The van der Waals surface area contributed by atoms with Gasteiger partial charge in [0.2, 0.25) is 0 Å². The summed E-state index contributed by atoms with van der Waals surface area (Å²) in [5.74, 6) is -0.151. The van der Waals surface area contributed by atoms with Gasteiger partial charge in [0.25, 0.3) is 5.95 Å². The first-order chi connectivity index (χ1) is 14.5. The Bertz CT molecular complexity index is 1290. The molecule has 4 heterocycles. The number of aryl methyl sites for hydroxylation is 5. The van der Waals surface area contributed by atoms with Crippen molar-refractivity contribution in [3.05, 3.63) is 46.8 Å². The van der Waals surface area contributed by atoms with Gasteiger partial charge in [0, 0.05) is 48.9 Å². The van der Waals surface area contributed by atoms with Crippen molar-refractivity contribution in [2.24, 2.45) is 14.1 Å². The Hall–Kier alpha value is -3.50. The summed E-state index contributed by atoms with van der Waals surface area (Å²) in [6.07, 6.45) is -0.971. The lowest BCUT2D eigenvalue weighted by atomic mass is 10.0. The number of alkyl halides is 3. The molecular weight excluding hydrogens is 409 g/mol. The predicted molar refractivity (Wildman–Crippen MR) is 108 cm³/mol. The number of aromatic nitrogens is 8. The van der Waals surface area contributed by atoms with Crippen molar-refractivity contribution in [1.29, 1.82) is 0 Å². The van der Waals surface area contributed by atoms with E-state index in [1.54, 1.807) is 29.7 Å². The zero-order chi connectivity index (χ0) is 22.7. The molecule has 0 bridgehead atoms. The molecule has 4 aromatic heterocycles. The fourth-order valence-electron chi connectivity index (χ4n) is 3.67. The Balaban J connectivity index is 2.04. The van der Waals surface area contributed by atoms with Crippen molar-refractivity contribution in [2.75, 3.05) is 0 Å². The van der Waals surface area contributed by atoms with E-state index in [-0.39, 0.29) is 11.6 Å². The molecule has 4 rings (SSSR count). The fraction of sp³-hybridized carbons (Fsp3) is 0.350. The molecule has 31 heavy (non-hydrogen) atoms. The average Bonchev–Trinajstić information content (AvgIpc) is 3.27. The summed E-state index contributed by atoms with van der Waals surface area (Å²) in [5.41, 5.74) is 4.12. The van der Waals surface area contributed by atoms with E-state index in [4.69, 9.17) is 0 Å². The molecule has 0 saturated carbocycles. The van der Waals surface area contributed by atoms with Crippen LogP contribution in [0.5, 0.6) is 0 Å². The number of hydrogen-bond acceptors (Lipinski definition) is 5. The van der Waals surface area contributed by atoms with Crippen molar-refractivity contribution < 1.29 is 13.2 Å². The van der Waals surface area contributed by atoms with E-state index >= 15 is 0 Å². The normalized spacial score (nSPS) is 12.0. The van der Waals surface area contributed by atoms with Gasteiger partial charge in [-0.1, -0.05) is 0 Å². The van der Waals surface area contributed by atoms with Crippen molar-refractivity contribution >= 4 is 0 Å². The molecule has 0 aliphatic rings. The van der Waals surface area contributed by atoms with Crippen molar-refractivity contribution in [3.63, 3.8) is 0 Å². The summed E-state index contributed by atoms with van der Waals surface area (Å²) in [4.78, 5) is 8.05. The molecule has 0 unspecified atom stereocenters. The average molecular weight is 430 g/mol. The van der Waals surface area contributed by atoms with Crippen molar-refractivity contribution in [3.8, 4) is 28.5 Å². The number of nitrogens with zero attached hydrogens (tertiary/aromatic N) is 8. The second-order valence-electron chi connectivity index (χ2n) is 7.53. The Labute approximate surface area is 176 Å². The van der Waals surface area contributed by atoms with E-state index in [0.717, 1.165) is 28.5 Å². The van der Waals surface area contributed by atoms with E-state index < -0.39 is 11.9 Å². The van der Waals surface area contributed by atoms with Crippen molar-refractivity contribution in [2.45, 2.75) is 33.9 Å². The van der Waals surface area contributed by atoms with Gasteiger partial charge in [-0.3, -0.25) is 9.36 Å². The van der Waals surface area contributed by atoms with E-state index in [1.807, 2.05) is 27.0 Å². The molecule has 0 aliphatic heterocycles. The van der Waals surface area contributed by atoms with Crippen LogP contribution >= 0.6 is 0 Å². The first-order valence-electron chi connectivity index (χ1n) is 9.49. The predicted octanol–water partition coefficient (Wildman–Crippen LogP) is 3.72. The third-order valence-corrected chi connectivity index (χ3v) is 4.98. The zero-order valence-corrected chi connectivity index (χ0v) is 17.9. The molecule has 0 spiro atoms. The smallest absolute Gasteiger partial charge is 0.275 e. The lowest BCUT2D eigenvalue weighted by molar-refractivity contribution is -0.141. The summed E-state index contributed by atoms with van der Waals surface area (Å²) in [7, 11) is 3.58. The van der Waals surface area contributed by atoms with Gasteiger partial charge >= 0.3 is 6.18 Å². The zero-order valence-electron chi connectivity index (χ0n) is 17.9. The van der Waals surface area contributed by atoms with Crippen LogP contribution in [0.15, 0.2) is 18.5 Å². The Morgan fingerprint density at radius 2 is 1.39 bits per heavy atom. The van der Waals surface area contributed by atoms with Gasteiger partial charge in [-0.2, -0.15) is 33.1 Å². The molecule has 0 radical (unpaired) electrons. The Morgan fingerprint density at radius 1 is 0.806 bits per heavy atom. The second kappa shape index (κ2) is 7.03. The SMILES string of the molecule is Cc1cc(C(F)(F)F)nc(-n2nc(-c3cn(C)nc3C)c(C)c2-c2cn(C)nc2C)n1.